The summed E-state index contributed by atoms with van der Waals surface area (Å²) in [7, 11) is 0. The van der Waals surface area contributed by atoms with Gasteiger partial charge >= 0.3 is 5.97 Å². The van der Waals surface area contributed by atoms with E-state index in [1.54, 1.807) is 12.1 Å². The van der Waals surface area contributed by atoms with Crippen molar-refractivity contribution in [2.75, 3.05) is 6.61 Å². The molecule has 88 valence electrons. The number of ether oxygens (including phenoxy) is 1. The van der Waals surface area contributed by atoms with Gasteiger partial charge in [-0.15, -0.1) is 0 Å². The molecule has 1 atom stereocenters. The first-order valence-corrected chi connectivity index (χ1v) is 4.73. The van der Waals surface area contributed by atoms with E-state index in [4.69, 9.17) is 14.3 Å². The van der Waals surface area contributed by atoms with E-state index in [2.05, 4.69) is 5.32 Å². The van der Waals surface area contributed by atoms with Crippen molar-refractivity contribution in [1.29, 1.82) is 0 Å². The van der Waals surface area contributed by atoms with Crippen LogP contribution in [0.3, 0.4) is 0 Å². The van der Waals surface area contributed by atoms with Crippen molar-refractivity contribution in [3.63, 3.8) is 0 Å². The summed E-state index contributed by atoms with van der Waals surface area (Å²) in [5.41, 5.74) is 0. The predicted molar refractivity (Wildman–Crippen MR) is 53.6 cm³/mol. The number of aliphatic carboxylic acids is 1. The Morgan fingerprint density at radius 1 is 1.62 bits per heavy atom. The van der Waals surface area contributed by atoms with Crippen LogP contribution in [0.25, 0.3) is 0 Å². The number of furan rings is 1. The summed E-state index contributed by atoms with van der Waals surface area (Å²) >= 11 is 0. The molecule has 0 saturated heterocycles. The molecule has 1 amide bonds. The normalized spacial score (nSPS) is 12.1. The molecule has 0 bridgehead atoms. The molecular formula is C10H13NO5. The van der Waals surface area contributed by atoms with Crippen LogP contribution in [-0.4, -0.2) is 29.7 Å². The lowest BCUT2D eigenvalue weighted by Crippen LogP contribution is -2.30. The van der Waals surface area contributed by atoms with Crippen LogP contribution in [0.1, 0.15) is 12.7 Å². The van der Waals surface area contributed by atoms with E-state index in [0.29, 0.717) is 5.76 Å². The fourth-order valence-corrected chi connectivity index (χ4v) is 0.922. The van der Waals surface area contributed by atoms with Crippen LogP contribution in [0.4, 0.5) is 0 Å². The highest BCUT2D eigenvalue weighted by molar-refractivity contribution is 5.78. The number of carboxylic acid groups (broad SMARTS) is 1. The third-order valence-electron chi connectivity index (χ3n) is 1.85. The van der Waals surface area contributed by atoms with Gasteiger partial charge in [-0.2, -0.15) is 0 Å². The molecule has 1 rings (SSSR count). The Balaban J connectivity index is 2.19. The molecule has 0 radical (unpaired) electrons. The second-order valence-electron chi connectivity index (χ2n) is 3.15. The fraction of sp³-hybridized carbons (Fsp3) is 0.400. The molecule has 0 aliphatic heterocycles. The largest absolute Gasteiger partial charge is 0.479 e. The van der Waals surface area contributed by atoms with Crippen molar-refractivity contribution >= 4 is 11.9 Å². The molecule has 0 spiro atoms. The Labute approximate surface area is 92.2 Å². The zero-order valence-corrected chi connectivity index (χ0v) is 8.80. The summed E-state index contributed by atoms with van der Waals surface area (Å²) in [6.07, 6.45) is 0.513. The number of amides is 1. The summed E-state index contributed by atoms with van der Waals surface area (Å²) in [5, 5.41) is 11.0. The lowest BCUT2D eigenvalue weighted by molar-refractivity contribution is -0.150. The molecule has 0 fully saturated rings. The van der Waals surface area contributed by atoms with Gasteiger partial charge in [0.2, 0.25) is 5.91 Å². The third kappa shape index (κ3) is 4.14. The van der Waals surface area contributed by atoms with Gasteiger partial charge in [0.25, 0.3) is 0 Å². The molecule has 0 aliphatic carbocycles. The predicted octanol–water partition coefficient (Wildman–Crippen LogP) is 0.385. The lowest BCUT2D eigenvalue weighted by atomic mass is 10.4. The Morgan fingerprint density at radius 2 is 2.38 bits per heavy atom. The molecule has 1 heterocycles. The number of carbonyl (C=O) groups is 2. The van der Waals surface area contributed by atoms with Gasteiger partial charge < -0.3 is 19.6 Å². The Morgan fingerprint density at radius 3 is 2.94 bits per heavy atom. The summed E-state index contributed by atoms with van der Waals surface area (Å²) < 4.78 is 9.79. The van der Waals surface area contributed by atoms with Crippen molar-refractivity contribution in [1.82, 2.24) is 5.32 Å². The Kier molecular flexibility index (Phi) is 4.53. The first kappa shape index (κ1) is 12.3. The fourth-order valence-electron chi connectivity index (χ4n) is 0.922. The summed E-state index contributed by atoms with van der Waals surface area (Å²) in [6, 6.07) is 3.44. The van der Waals surface area contributed by atoms with Crippen LogP contribution in [0.5, 0.6) is 0 Å². The topological polar surface area (TPSA) is 88.8 Å². The smallest absolute Gasteiger partial charge is 0.332 e. The molecule has 6 nitrogen and oxygen atoms in total. The quantitative estimate of drug-likeness (QED) is 0.733. The monoisotopic (exact) mass is 227 g/mol. The van der Waals surface area contributed by atoms with Gasteiger partial charge in [0.05, 0.1) is 12.8 Å². The zero-order chi connectivity index (χ0) is 12.0. The van der Waals surface area contributed by atoms with E-state index >= 15 is 0 Å². The maximum atomic E-state index is 11.2. The number of nitrogens with one attached hydrogen (secondary N) is 1. The van der Waals surface area contributed by atoms with Crippen LogP contribution < -0.4 is 5.32 Å². The Bertz CT molecular complexity index is 346. The molecule has 0 aliphatic rings. The highest BCUT2D eigenvalue weighted by Crippen LogP contribution is 1.98. The van der Waals surface area contributed by atoms with Gasteiger partial charge in [-0.1, -0.05) is 0 Å². The highest BCUT2D eigenvalue weighted by Gasteiger charge is 2.12. The molecule has 2 N–H and O–H groups in total. The number of hydrogen-bond acceptors (Lipinski definition) is 4. The summed E-state index contributed by atoms with van der Waals surface area (Å²) in [4.78, 5) is 21.6. The second kappa shape index (κ2) is 5.92. The third-order valence-corrected chi connectivity index (χ3v) is 1.85. The van der Waals surface area contributed by atoms with Crippen LogP contribution in [0.15, 0.2) is 22.8 Å². The van der Waals surface area contributed by atoms with Crippen molar-refractivity contribution < 1.29 is 23.8 Å². The van der Waals surface area contributed by atoms with Gasteiger partial charge in [0, 0.05) is 0 Å². The molecule has 0 aromatic carbocycles. The van der Waals surface area contributed by atoms with E-state index in [1.165, 1.54) is 13.2 Å². The molecule has 6 heteroatoms. The number of carboxylic acids is 1. The summed E-state index contributed by atoms with van der Waals surface area (Å²) in [6.45, 7) is 1.34. The molecule has 1 unspecified atom stereocenters. The lowest BCUT2D eigenvalue weighted by Gasteiger charge is -2.08. The molecule has 16 heavy (non-hydrogen) atoms. The minimum absolute atomic E-state index is 0.261. The first-order chi connectivity index (χ1) is 7.59. The first-order valence-electron chi connectivity index (χ1n) is 4.73. The zero-order valence-electron chi connectivity index (χ0n) is 8.80. The standard InChI is InChI=1S/C10H13NO5/c1-7(10(13)14)16-6-9(12)11-5-8-3-2-4-15-8/h2-4,7H,5-6H2,1H3,(H,11,12)(H,13,14). The van der Waals surface area contributed by atoms with Crippen molar-refractivity contribution in [2.45, 2.75) is 19.6 Å². The van der Waals surface area contributed by atoms with Gasteiger partial charge in [-0.25, -0.2) is 4.79 Å². The maximum Gasteiger partial charge on any atom is 0.332 e. The second-order valence-corrected chi connectivity index (χ2v) is 3.15. The van der Waals surface area contributed by atoms with Gasteiger partial charge in [0.1, 0.15) is 12.4 Å². The number of carbonyl (C=O) groups excluding carboxylic acids is 1. The molecule has 0 saturated carbocycles. The van der Waals surface area contributed by atoms with Crippen molar-refractivity contribution in [3.05, 3.63) is 24.2 Å². The molecule has 1 aromatic rings. The molecule has 1 aromatic heterocycles. The van der Waals surface area contributed by atoms with Gasteiger partial charge in [0.15, 0.2) is 6.10 Å². The molecular weight excluding hydrogens is 214 g/mol. The van der Waals surface area contributed by atoms with Crippen LogP contribution in [-0.2, 0) is 20.9 Å². The minimum Gasteiger partial charge on any atom is -0.479 e. The van der Waals surface area contributed by atoms with Crippen molar-refractivity contribution in [3.8, 4) is 0 Å². The number of hydrogen-bond donors (Lipinski definition) is 2. The maximum absolute atomic E-state index is 11.2. The number of rotatable bonds is 6. The van der Waals surface area contributed by atoms with Gasteiger partial charge in [-0.3, -0.25) is 4.79 Å². The van der Waals surface area contributed by atoms with E-state index in [1.807, 2.05) is 0 Å². The van der Waals surface area contributed by atoms with Gasteiger partial charge in [-0.05, 0) is 19.1 Å². The van der Waals surface area contributed by atoms with E-state index in [0.717, 1.165) is 0 Å². The highest BCUT2D eigenvalue weighted by atomic mass is 16.5. The van der Waals surface area contributed by atoms with Crippen LogP contribution in [0, 0.1) is 0 Å². The Hall–Kier alpha value is -1.82. The SMILES string of the molecule is CC(OCC(=O)NCc1ccco1)C(=O)O. The van der Waals surface area contributed by atoms with Crippen LogP contribution >= 0.6 is 0 Å². The van der Waals surface area contributed by atoms with Crippen molar-refractivity contribution in [2.24, 2.45) is 0 Å². The van der Waals surface area contributed by atoms with E-state index in [-0.39, 0.29) is 19.1 Å². The average Bonchev–Trinajstić information content (AvgIpc) is 2.75. The van der Waals surface area contributed by atoms with E-state index < -0.39 is 12.1 Å². The average molecular weight is 227 g/mol. The van der Waals surface area contributed by atoms with Crippen LogP contribution in [0.2, 0.25) is 0 Å². The minimum atomic E-state index is -1.10. The van der Waals surface area contributed by atoms with E-state index in [9.17, 15) is 9.59 Å². The summed E-state index contributed by atoms with van der Waals surface area (Å²) in [5.74, 6) is -0.858.